The largest absolute Gasteiger partial charge is 0.494 e. The minimum absolute atomic E-state index is 0.0247. The number of methoxy groups -OCH3 is 1. The third kappa shape index (κ3) is 3.40. The summed E-state index contributed by atoms with van der Waals surface area (Å²) in [4.78, 5) is 11.1. The molecule has 0 fully saturated rings. The highest BCUT2D eigenvalue weighted by Crippen LogP contribution is 2.42. The van der Waals surface area contributed by atoms with Crippen molar-refractivity contribution in [1.29, 1.82) is 0 Å². The van der Waals surface area contributed by atoms with E-state index in [1.165, 1.54) is 13.2 Å². The van der Waals surface area contributed by atoms with Gasteiger partial charge >= 0.3 is 5.97 Å². The molecule has 1 N–H and O–H groups in total. The average molecular weight is 327 g/mol. The number of carboxylic acids is 1. The summed E-state index contributed by atoms with van der Waals surface area (Å²) in [6.07, 6.45) is 0. The Labute approximate surface area is 131 Å². The van der Waals surface area contributed by atoms with Crippen molar-refractivity contribution < 1.29 is 19.4 Å². The van der Waals surface area contributed by atoms with E-state index in [9.17, 15) is 4.79 Å². The Morgan fingerprint density at radius 3 is 2.43 bits per heavy atom. The number of carboxylic acid groups (broad SMARTS) is 1. The molecule has 0 aliphatic carbocycles. The van der Waals surface area contributed by atoms with E-state index in [-0.39, 0.29) is 33.7 Å². The average Bonchev–Trinajstić information content (AvgIpc) is 2.47. The molecule has 0 aliphatic rings. The first-order valence-electron chi connectivity index (χ1n) is 6.00. The Kier molecular flexibility index (Phi) is 4.94. The SMILES string of the molecule is COc1c(C(=O)O)cc(Cl)c(OCc2ccccc2)c1Cl. The molecule has 0 heterocycles. The fraction of sp³-hybridized carbons (Fsp3) is 0.133. The molecule has 6 heteroatoms. The molecule has 2 aromatic rings. The third-order valence-electron chi connectivity index (χ3n) is 2.79. The van der Waals surface area contributed by atoms with Crippen LogP contribution in [0.2, 0.25) is 10.0 Å². The number of halogens is 2. The summed E-state index contributed by atoms with van der Waals surface area (Å²) >= 11 is 12.2. The van der Waals surface area contributed by atoms with Gasteiger partial charge in [-0.05, 0) is 11.6 Å². The molecule has 0 bridgehead atoms. The van der Waals surface area contributed by atoms with Crippen LogP contribution in [-0.4, -0.2) is 18.2 Å². The van der Waals surface area contributed by atoms with Crippen molar-refractivity contribution in [2.75, 3.05) is 7.11 Å². The number of carbonyl (C=O) groups is 1. The maximum Gasteiger partial charge on any atom is 0.339 e. The molecule has 21 heavy (non-hydrogen) atoms. The number of aromatic carboxylic acids is 1. The molecule has 110 valence electrons. The van der Waals surface area contributed by atoms with E-state index < -0.39 is 5.97 Å². The Morgan fingerprint density at radius 2 is 1.86 bits per heavy atom. The van der Waals surface area contributed by atoms with Gasteiger partial charge in [0.15, 0.2) is 11.5 Å². The van der Waals surface area contributed by atoms with E-state index in [1.54, 1.807) is 0 Å². The van der Waals surface area contributed by atoms with Gasteiger partial charge in [-0.25, -0.2) is 4.79 Å². The van der Waals surface area contributed by atoms with Crippen molar-refractivity contribution in [3.63, 3.8) is 0 Å². The minimum Gasteiger partial charge on any atom is -0.494 e. The standard InChI is InChI=1S/C15H12Cl2O4/c1-20-13-10(15(18)19)7-11(16)14(12(13)17)21-8-9-5-3-2-4-6-9/h2-7H,8H2,1H3,(H,18,19). The molecule has 0 saturated heterocycles. The zero-order chi connectivity index (χ0) is 15.4. The van der Waals surface area contributed by atoms with Crippen molar-refractivity contribution in [1.82, 2.24) is 0 Å². The summed E-state index contributed by atoms with van der Waals surface area (Å²) in [5, 5.41) is 9.27. The lowest BCUT2D eigenvalue weighted by molar-refractivity contribution is 0.0693. The predicted molar refractivity (Wildman–Crippen MR) is 80.7 cm³/mol. The second kappa shape index (κ2) is 6.70. The van der Waals surface area contributed by atoms with Crippen LogP contribution in [0.25, 0.3) is 0 Å². The van der Waals surface area contributed by atoms with Gasteiger partial charge in [0.2, 0.25) is 0 Å². The van der Waals surface area contributed by atoms with E-state index in [4.69, 9.17) is 37.8 Å². The molecule has 0 aliphatic heterocycles. The second-order valence-corrected chi connectivity index (χ2v) is 4.95. The number of benzene rings is 2. The van der Waals surface area contributed by atoms with Gasteiger partial charge in [0.25, 0.3) is 0 Å². The highest BCUT2D eigenvalue weighted by atomic mass is 35.5. The van der Waals surface area contributed by atoms with E-state index in [2.05, 4.69) is 0 Å². The molecule has 0 spiro atoms. The van der Waals surface area contributed by atoms with Crippen molar-refractivity contribution in [2.45, 2.75) is 6.61 Å². The fourth-order valence-corrected chi connectivity index (χ4v) is 2.45. The maximum absolute atomic E-state index is 11.1. The topological polar surface area (TPSA) is 55.8 Å². The van der Waals surface area contributed by atoms with Crippen molar-refractivity contribution >= 4 is 29.2 Å². The van der Waals surface area contributed by atoms with Crippen LogP contribution in [0.4, 0.5) is 0 Å². The number of hydrogen-bond acceptors (Lipinski definition) is 3. The van der Waals surface area contributed by atoms with Gasteiger partial charge in [0.05, 0.1) is 12.1 Å². The lowest BCUT2D eigenvalue weighted by atomic mass is 10.2. The summed E-state index contributed by atoms with van der Waals surface area (Å²) < 4.78 is 10.6. The van der Waals surface area contributed by atoms with Gasteiger partial charge in [-0.1, -0.05) is 53.5 Å². The molecular formula is C15H12Cl2O4. The van der Waals surface area contributed by atoms with E-state index in [0.717, 1.165) is 5.56 Å². The predicted octanol–water partition coefficient (Wildman–Crippen LogP) is 4.28. The second-order valence-electron chi connectivity index (χ2n) is 4.16. The van der Waals surface area contributed by atoms with Crippen LogP contribution in [0.5, 0.6) is 11.5 Å². The van der Waals surface area contributed by atoms with Crippen LogP contribution >= 0.6 is 23.2 Å². The summed E-state index contributed by atoms with van der Waals surface area (Å²) in [6.45, 7) is 0.260. The molecule has 0 radical (unpaired) electrons. The molecular weight excluding hydrogens is 315 g/mol. The summed E-state index contributed by atoms with van der Waals surface area (Å²) in [6, 6.07) is 10.7. The molecule has 0 saturated carbocycles. The van der Waals surface area contributed by atoms with E-state index in [0.29, 0.717) is 0 Å². The van der Waals surface area contributed by atoms with Crippen molar-refractivity contribution in [3.05, 3.63) is 57.6 Å². The molecule has 2 aromatic carbocycles. The molecule has 0 amide bonds. The zero-order valence-electron chi connectivity index (χ0n) is 11.1. The first-order chi connectivity index (χ1) is 10.0. The van der Waals surface area contributed by atoms with Crippen LogP contribution in [0.3, 0.4) is 0 Å². The lowest BCUT2D eigenvalue weighted by Crippen LogP contribution is -2.04. The molecule has 4 nitrogen and oxygen atoms in total. The zero-order valence-corrected chi connectivity index (χ0v) is 12.6. The minimum atomic E-state index is -1.18. The Morgan fingerprint density at radius 1 is 1.19 bits per heavy atom. The van der Waals surface area contributed by atoms with Gasteiger partial charge < -0.3 is 14.6 Å². The molecule has 2 rings (SSSR count). The molecule has 0 unspecified atom stereocenters. The quantitative estimate of drug-likeness (QED) is 0.890. The van der Waals surface area contributed by atoms with E-state index >= 15 is 0 Å². The van der Waals surface area contributed by atoms with Crippen molar-refractivity contribution in [2.24, 2.45) is 0 Å². The van der Waals surface area contributed by atoms with Gasteiger partial charge in [0.1, 0.15) is 17.2 Å². The van der Waals surface area contributed by atoms with Gasteiger partial charge in [-0.15, -0.1) is 0 Å². The normalized spacial score (nSPS) is 10.2. The summed E-state index contributed by atoms with van der Waals surface area (Å²) in [7, 11) is 1.34. The highest BCUT2D eigenvalue weighted by Gasteiger charge is 2.22. The first kappa shape index (κ1) is 15.5. The lowest BCUT2D eigenvalue weighted by Gasteiger charge is -2.14. The van der Waals surface area contributed by atoms with Crippen LogP contribution in [0.1, 0.15) is 15.9 Å². The van der Waals surface area contributed by atoms with E-state index in [1.807, 2.05) is 30.3 Å². The number of hydrogen-bond donors (Lipinski definition) is 1. The van der Waals surface area contributed by atoms with Crippen LogP contribution in [-0.2, 0) is 6.61 Å². The van der Waals surface area contributed by atoms with Crippen LogP contribution in [0.15, 0.2) is 36.4 Å². The maximum atomic E-state index is 11.1. The molecule has 0 atom stereocenters. The number of rotatable bonds is 5. The van der Waals surface area contributed by atoms with Crippen LogP contribution < -0.4 is 9.47 Å². The van der Waals surface area contributed by atoms with Gasteiger partial charge in [-0.2, -0.15) is 0 Å². The van der Waals surface area contributed by atoms with Gasteiger partial charge in [-0.3, -0.25) is 0 Å². The Bertz CT molecular complexity index is 656. The summed E-state index contributed by atoms with van der Waals surface area (Å²) in [5.41, 5.74) is 0.825. The Balaban J connectivity index is 2.34. The monoisotopic (exact) mass is 326 g/mol. The van der Waals surface area contributed by atoms with Crippen molar-refractivity contribution in [3.8, 4) is 11.5 Å². The smallest absolute Gasteiger partial charge is 0.339 e. The number of ether oxygens (including phenoxy) is 2. The fourth-order valence-electron chi connectivity index (χ4n) is 1.80. The molecule has 0 aromatic heterocycles. The van der Waals surface area contributed by atoms with Crippen LogP contribution in [0, 0.1) is 0 Å². The summed E-state index contributed by atoms with van der Waals surface area (Å²) in [5.74, 6) is -0.953. The van der Waals surface area contributed by atoms with Gasteiger partial charge in [0, 0.05) is 0 Å². The first-order valence-corrected chi connectivity index (χ1v) is 6.76. The highest BCUT2D eigenvalue weighted by molar-refractivity contribution is 6.38. The third-order valence-corrected chi connectivity index (χ3v) is 3.42. The Hall–Kier alpha value is -1.91.